The Morgan fingerprint density at radius 1 is 1.25 bits per heavy atom. The summed E-state index contributed by atoms with van der Waals surface area (Å²) >= 11 is 0. The van der Waals surface area contributed by atoms with Gasteiger partial charge in [0, 0.05) is 6.20 Å². The molecule has 2 aromatic heterocycles. The van der Waals surface area contributed by atoms with Gasteiger partial charge >= 0.3 is 6.18 Å². The summed E-state index contributed by atoms with van der Waals surface area (Å²) in [6, 6.07) is 0.165. The molecule has 2 bridgehead atoms. The zero-order valence-electron chi connectivity index (χ0n) is 12.7. The molecule has 3 heterocycles. The first-order valence-corrected chi connectivity index (χ1v) is 8.11. The summed E-state index contributed by atoms with van der Waals surface area (Å²) in [5, 5.41) is 7.82. The topological polar surface area (TPSA) is 64.9 Å². The Balaban J connectivity index is 1.45. The van der Waals surface area contributed by atoms with Gasteiger partial charge in [0.05, 0.1) is 24.1 Å². The molecule has 0 spiro atoms. The third kappa shape index (κ3) is 2.17. The third-order valence-electron chi connectivity index (χ3n) is 5.58. The minimum Gasteiger partial charge on any atom is -0.375 e. The largest absolute Gasteiger partial charge is 0.408 e. The van der Waals surface area contributed by atoms with E-state index in [1.54, 1.807) is 0 Å². The molecular formula is C15H16F3N5O. The van der Waals surface area contributed by atoms with Crippen LogP contribution >= 0.6 is 0 Å². The maximum absolute atomic E-state index is 12.6. The third-order valence-corrected chi connectivity index (χ3v) is 5.58. The number of nitrogens with one attached hydrogen (secondary N) is 1. The monoisotopic (exact) mass is 339 g/mol. The van der Waals surface area contributed by atoms with Crippen LogP contribution in [0.2, 0.25) is 0 Å². The lowest BCUT2D eigenvalue weighted by Gasteiger charge is -2.28. The Bertz CT molecular complexity index is 789. The summed E-state index contributed by atoms with van der Waals surface area (Å²) in [5.74, 6) is 2.37. The van der Waals surface area contributed by atoms with E-state index in [0.29, 0.717) is 29.0 Å². The molecule has 0 aromatic carbocycles. The van der Waals surface area contributed by atoms with Crippen LogP contribution < -0.4 is 5.32 Å². The molecule has 3 aliphatic rings. The number of fused-ring (bicyclic) bond motifs is 2. The van der Waals surface area contributed by atoms with Gasteiger partial charge in [-0.15, -0.1) is 0 Å². The van der Waals surface area contributed by atoms with Crippen LogP contribution in [-0.4, -0.2) is 44.7 Å². The van der Waals surface area contributed by atoms with Crippen molar-refractivity contribution in [1.29, 1.82) is 0 Å². The van der Waals surface area contributed by atoms with Gasteiger partial charge in [-0.2, -0.15) is 18.3 Å². The van der Waals surface area contributed by atoms with Crippen LogP contribution in [0.4, 0.5) is 19.0 Å². The lowest BCUT2D eigenvalue weighted by Crippen LogP contribution is -2.38. The first kappa shape index (κ1) is 14.4. The Labute approximate surface area is 135 Å². The number of aromatic nitrogens is 4. The van der Waals surface area contributed by atoms with Crippen molar-refractivity contribution >= 4 is 16.9 Å². The second-order valence-electron chi connectivity index (χ2n) is 7.02. The maximum atomic E-state index is 12.6. The zero-order chi connectivity index (χ0) is 16.5. The van der Waals surface area contributed by atoms with Gasteiger partial charge in [-0.25, -0.2) is 9.97 Å². The van der Waals surface area contributed by atoms with Gasteiger partial charge in [0.1, 0.15) is 18.7 Å². The maximum Gasteiger partial charge on any atom is 0.408 e. The minimum atomic E-state index is -4.32. The molecule has 2 saturated carbocycles. The lowest BCUT2D eigenvalue weighted by atomic mass is 9.87. The molecule has 3 fully saturated rings. The molecule has 0 radical (unpaired) electrons. The fraction of sp³-hybridized carbons (Fsp3) is 0.667. The second-order valence-corrected chi connectivity index (χ2v) is 7.02. The van der Waals surface area contributed by atoms with Crippen LogP contribution in [0.15, 0.2) is 12.5 Å². The number of nitrogens with zero attached hydrogens (tertiary/aromatic N) is 4. The van der Waals surface area contributed by atoms with Gasteiger partial charge in [0.25, 0.3) is 0 Å². The number of hydrogen-bond acceptors (Lipinski definition) is 5. The van der Waals surface area contributed by atoms with Crippen molar-refractivity contribution in [3.63, 3.8) is 0 Å². The van der Waals surface area contributed by atoms with Crippen molar-refractivity contribution in [3.05, 3.63) is 12.5 Å². The number of hydrogen-bond donors (Lipinski definition) is 1. The molecular weight excluding hydrogens is 323 g/mol. The van der Waals surface area contributed by atoms with E-state index in [9.17, 15) is 13.2 Å². The minimum absolute atomic E-state index is 0.165. The van der Waals surface area contributed by atoms with Crippen molar-refractivity contribution in [1.82, 2.24) is 19.7 Å². The van der Waals surface area contributed by atoms with E-state index in [4.69, 9.17) is 4.74 Å². The summed E-state index contributed by atoms with van der Waals surface area (Å²) in [7, 11) is 0. The first-order chi connectivity index (χ1) is 11.5. The van der Waals surface area contributed by atoms with E-state index >= 15 is 0 Å². The van der Waals surface area contributed by atoms with Gasteiger partial charge in [-0.1, -0.05) is 0 Å². The molecule has 2 aliphatic carbocycles. The van der Waals surface area contributed by atoms with Crippen LogP contribution in [0.5, 0.6) is 0 Å². The van der Waals surface area contributed by atoms with Crippen molar-refractivity contribution in [2.45, 2.75) is 37.7 Å². The van der Waals surface area contributed by atoms with E-state index in [0.717, 1.165) is 24.1 Å². The molecule has 5 rings (SSSR count). The predicted octanol–water partition coefficient (Wildman–Crippen LogP) is 2.22. The van der Waals surface area contributed by atoms with Gasteiger partial charge in [-0.3, -0.25) is 4.68 Å². The normalized spacial score (nSPS) is 34.4. The SMILES string of the molecule is FC(F)(F)Cn1cc2c(NC3C4CC5COC3C5C4)ncnc2n1. The van der Waals surface area contributed by atoms with E-state index in [1.807, 2.05) is 0 Å². The highest BCUT2D eigenvalue weighted by Gasteiger charge is 2.57. The molecule has 5 atom stereocenters. The average Bonchev–Trinajstić information content (AvgIpc) is 3.18. The van der Waals surface area contributed by atoms with E-state index < -0.39 is 12.7 Å². The van der Waals surface area contributed by atoms with Crippen molar-refractivity contribution in [3.8, 4) is 0 Å². The van der Waals surface area contributed by atoms with Gasteiger partial charge in [0.15, 0.2) is 5.65 Å². The zero-order valence-corrected chi connectivity index (χ0v) is 12.7. The van der Waals surface area contributed by atoms with Gasteiger partial charge in [0.2, 0.25) is 0 Å². The fourth-order valence-corrected chi connectivity index (χ4v) is 4.71. The van der Waals surface area contributed by atoms with Crippen LogP contribution in [0.25, 0.3) is 11.0 Å². The fourth-order valence-electron chi connectivity index (χ4n) is 4.71. The number of ether oxygens (including phenoxy) is 1. The summed E-state index contributed by atoms with van der Waals surface area (Å²) < 4.78 is 44.5. The summed E-state index contributed by atoms with van der Waals surface area (Å²) in [6.45, 7) is -0.308. The summed E-state index contributed by atoms with van der Waals surface area (Å²) in [4.78, 5) is 8.21. The number of anilines is 1. The van der Waals surface area contributed by atoms with Crippen LogP contribution in [0.1, 0.15) is 12.8 Å². The Hall–Kier alpha value is -1.90. The Kier molecular flexibility index (Phi) is 2.89. The smallest absolute Gasteiger partial charge is 0.375 e. The van der Waals surface area contributed by atoms with Crippen LogP contribution in [0.3, 0.4) is 0 Å². The highest BCUT2D eigenvalue weighted by molar-refractivity contribution is 5.85. The van der Waals surface area contributed by atoms with Crippen molar-refractivity contribution in [2.24, 2.45) is 17.8 Å². The quantitative estimate of drug-likeness (QED) is 0.929. The molecule has 24 heavy (non-hydrogen) atoms. The molecule has 0 amide bonds. The van der Waals surface area contributed by atoms with Crippen molar-refractivity contribution < 1.29 is 17.9 Å². The molecule has 9 heteroatoms. The standard InChI is InChI=1S/C15H16F3N5O/c16-15(17,18)5-23-3-10-13(19-6-20-14(10)22-23)21-11-7-1-8-4-24-12(11)9(8)2-7/h3,6-9,11-12H,1-2,4-5H2,(H,19,20,21,22). The Morgan fingerprint density at radius 3 is 2.96 bits per heavy atom. The number of halogens is 3. The number of rotatable bonds is 3. The van der Waals surface area contributed by atoms with Crippen LogP contribution in [-0.2, 0) is 11.3 Å². The molecule has 1 aliphatic heterocycles. The molecule has 1 N–H and O–H groups in total. The highest BCUT2D eigenvalue weighted by atomic mass is 19.4. The Morgan fingerprint density at radius 2 is 2.12 bits per heavy atom. The molecule has 2 aromatic rings. The van der Waals surface area contributed by atoms with E-state index in [-0.39, 0.29) is 17.8 Å². The van der Waals surface area contributed by atoms with E-state index in [1.165, 1.54) is 12.5 Å². The van der Waals surface area contributed by atoms with Gasteiger partial charge in [-0.05, 0) is 30.6 Å². The summed E-state index contributed by atoms with van der Waals surface area (Å²) in [6.07, 6.45) is 0.872. The van der Waals surface area contributed by atoms with Crippen LogP contribution in [0, 0.1) is 17.8 Å². The number of alkyl halides is 3. The van der Waals surface area contributed by atoms with Gasteiger partial charge < -0.3 is 10.1 Å². The molecule has 128 valence electrons. The summed E-state index contributed by atoms with van der Waals surface area (Å²) in [5.41, 5.74) is 0.269. The average molecular weight is 339 g/mol. The first-order valence-electron chi connectivity index (χ1n) is 8.11. The second kappa shape index (κ2) is 4.81. The lowest BCUT2D eigenvalue weighted by molar-refractivity contribution is -0.142. The highest BCUT2D eigenvalue weighted by Crippen LogP contribution is 2.54. The molecule has 6 nitrogen and oxygen atoms in total. The molecule has 1 saturated heterocycles. The molecule has 5 unspecified atom stereocenters. The van der Waals surface area contributed by atoms with Crippen molar-refractivity contribution in [2.75, 3.05) is 11.9 Å². The predicted molar refractivity (Wildman–Crippen MR) is 78.2 cm³/mol. The van der Waals surface area contributed by atoms with E-state index in [2.05, 4.69) is 20.4 Å².